The normalized spacial score (nSPS) is 14.1. The van der Waals surface area contributed by atoms with Gasteiger partial charge in [0, 0.05) is 11.6 Å². The number of rotatable bonds is 6. The van der Waals surface area contributed by atoms with E-state index in [0.717, 1.165) is 39.3 Å². The predicted octanol–water partition coefficient (Wildman–Crippen LogP) is 8.93. The van der Waals surface area contributed by atoms with Crippen LogP contribution in [0.4, 0.5) is 5.69 Å². The lowest BCUT2D eigenvalue weighted by atomic mass is 9.95. The predicted molar refractivity (Wildman–Crippen MR) is 149 cm³/mol. The maximum Gasteiger partial charge on any atom is 0.189 e. The minimum atomic E-state index is -0.188. The Morgan fingerprint density at radius 3 is 2.05 bits per heavy atom. The minimum absolute atomic E-state index is 0.188. The van der Waals surface area contributed by atoms with E-state index in [-0.39, 0.29) is 6.10 Å². The van der Waals surface area contributed by atoms with Gasteiger partial charge in [0.2, 0.25) is 0 Å². The van der Waals surface area contributed by atoms with Gasteiger partial charge in [-0.25, -0.2) is 9.83 Å². The van der Waals surface area contributed by atoms with Gasteiger partial charge in [0.05, 0.1) is 17.6 Å². The number of nitrogens with zero attached hydrogens (tertiary/aromatic N) is 3. The molecule has 4 nitrogen and oxygen atoms in total. The molecule has 0 spiro atoms. The lowest BCUT2D eigenvalue weighted by Gasteiger charge is -2.26. The van der Waals surface area contributed by atoms with Gasteiger partial charge in [-0.15, -0.1) is 0 Å². The van der Waals surface area contributed by atoms with Crippen molar-refractivity contribution < 1.29 is 4.74 Å². The van der Waals surface area contributed by atoms with E-state index in [4.69, 9.17) is 16.3 Å². The number of ether oxygens (including phenoxy) is 1. The van der Waals surface area contributed by atoms with E-state index in [1.165, 1.54) is 32.1 Å². The average Bonchev–Trinajstić information content (AvgIpc) is 3.36. The zero-order valence-corrected chi connectivity index (χ0v) is 20.8. The van der Waals surface area contributed by atoms with Gasteiger partial charge in [0.1, 0.15) is 17.7 Å². The van der Waals surface area contributed by atoms with Gasteiger partial charge >= 0.3 is 0 Å². The second-order valence-electron chi connectivity index (χ2n) is 9.73. The Balaban J connectivity index is 1.36. The van der Waals surface area contributed by atoms with Crippen molar-refractivity contribution in [3.05, 3.63) is 126 Å². The van der Waals surface area contributed by atoms with Crippen molar-refractivity contribution in [1.82, 2.24) is 9.55 Å². The van der Waals surface area contributed by atoms with Gasteiger partial charge in [0.25, 0.3) is 0 Å². The molecule has 0 aliphatic heterocycles. The van der Waals surface area contributed by atoms with Crippen LogP contribution in [0.3, 0.4) is 0 Å². The molecule has 1 aliphatic carbocycles. The zero-order chi connectivity index (χ0) is 25.0. The van der Waals surface area contributed by atoms with E-state index >= 15 is 0 Å². The molecule has 182 valence electrons. The summed E-state index contributed by atoms with van der Waals surface area (Å²) in [7, 11) is 0. The van der Waals surface area contributed by atoms with E-state index in [1.807, 2.05) is 60.7 Å². The molecule has 4 aromatic carbocycles. The lowest BCUT2D eigenvalue weighted by Crippen LogP contribution is -2.14. The first-order valence-electron chi connectivity index (χ1n) is 13.1. The highest BCUT2D eigenvalue weighted by molar-refractivity contribution is 5.84. The van der Waals surface area contributed by atoms with Crippen molar-refractivity contribution in [1.29, 1.82) is 0 Å². The van der Waals surface area contributed by atoms with Crippen molar-refractivity contribution in [2.75, 3.05) is 0 Å². The summed E-state index contributed by atoms with van der Waals surface area (Å²) in [5.74, 6) is 1.79. The standard InChI is InChI=1S/C33H29N3O/c1-34-27-19-22-31-30(23-27)35-33(36(31)28-15-9-4-10-16-28)26-17-20-29(21-18-26)37-32(24-11-5-2-6-12-24)25-13-7-3-8-14-25/h2-3,5-8,11-14,17-23,28,32H,4,9-10,15-16H2. The Bertz CT molecular complexity index is 1490. The van der Waals surface area contributed by atoms with Gasteiger partial charge in [-0.3, -0.25) is 0 Å². The summed E-state index contributed by atoms with van der Waals surface area (Å²) in [6.45, 7) is 7.42. The summed E-state index contributed by atoms with van der Waals surface area (Å²) in [5, 5.41) is 0. The molecule has 1 fully saturated rings. The highest BCUT2D eigenvalue weighted by Gasteiger charge is 2.23. The highest BCUT2D eigenvalue weighted by atomic mass is 16.5. The van der Waals surface area contributed by atoms with Crippen LogP contribution >= 0.6 is 0 Å². The van der Waals surface area contributed by atoms with Crippen LogP contribution in [-0.4, -0.2) is 9.55 Å². The first-order valence-corrected chi connectivity index (χ1v) is 13.1. The van der Waals surface area contributed by atoms with Crippen molar-refractivity contribution in [3.63, 3.8) is 0 Å². The second kappa shape index (κ2) is 10.3. The molecule has 0 atom stereocenters. The molecule has 0 bridgehead atoms. The minimum Gasteiger partial charge on any atom is -0.481 e. The fraction of sp³-hybridized carbons (Fsp3) is 0.212. The van der Waals surface area contributed by atoms with E-state index < -0.39 is 0 Å². The van der Waals surface area contributed by atoms with E-state index in [1.54, 1.807) is 0 Å². The number of hydrogen-bond donors (Lipinski definition) is 0. The maximum absolute atomic E-state index is 7.42. The first kappa shape index (κ1) is 23.1. The summed E-state index contributed by atoms with van der Waals surface area (Å²) in [5.41, 5.74) is 5.93. The van der Waals surface area contributed by atoms with Crippen LogP contribution in [0, 0.1) is 6.57 Å². The molecule has 5 aromatic rings. The van der Waals surface area contributed by atoms with Gasteiger partial charge in [-0.2, -0.15) is 0 Å². The quantitative estimate of drug-likeness (QED) is 0.226. The Morgan fingerprint density at radius 2 is 1.43 bits per heavy atom. The van der Waals surface area contributed by atoms with Crippen LogP contribution in [0.2, 0.25) is 0 Å². The number of fused-ring (bicyclic) bond motifs is 1. The highest BCUT2D eigenvalue weighted by Crippen LogP contribution is 2.37. The van der Waals surface area contributed by atoms with Gasteiger partial charge < -0.3 is 9.30 Å². The monoisotopic (exact) mass is 483 g/mol. The molecule has 6 rings (SSSR count). The Morgan fingerprint density at radius 1 is 0.784 bits per heavy atom. The first-order chi connectivity index (χ1) is 18.3. The van der Waals surface area contributed by atoms with Crippen molar-refractivity contribution in [3.8, 4) is 17.1 Å². The third-order valence-corrected chi connectivity index (χ3v) is 7.31. The largest absolute Gasteiger partial charge is 0.481 e. The number of aromatic nitrogens is 2. The van der Waals surface area contributed by atoms with Crippen LogP contribution < -0.4 is 4.74 Å². The molecule has 0 unspecified atom stereocenters. The summed E-state index contributed by atoms with van der Waals surface area (Å²) in [6, 6.07) is 35.3. The molecule has 0 saturated heterocycles. The van der Waals surface area contributed by atoms with Crippen LogP contribution in [0.5, 0.6) is 5.75 Å². The summed E-state index contributed by atoms with van der Waals surface area (Å²) in [6.07, 6.45) is 5.94. The van der Waals surface area contributed by atoms with Crippen molar-refractivity contribution in [2.45, 2.75) is 44.2 Å². The fourth-order valence-corrected chi connectivity index (χ4v) is 5.47. The molecule has 0 radical (unpaired) electrons. The molecular formula is C33H29N3O. The summed E-state index contributed by atoms with van der Waals surface area (Å²) >= 11 is 0. The third kappa shape index (κ3) is 4.73. The molecule has 1 heterocycles. The molecule has 1 aromatic heterocycles. The molecular weight excluding hydrogens is 454 g/mol. The molecule has 0 amide bonds. The third-order valence-electron chi connectivity index (χ3n) is 7.31. The smallest absolute Gasteiger partial charge is 0.189 e. The van der Waals surface area contributed by atoms with E-state index in [9.17, 15) is 0 Å². The second-order valence-corrected chi connectivity index (χ2v) is 9.73. The number of benzene rings is 4. The van der Waals surface area contributed by atoms with Crippen molar-refractivity contribution in [2.24, 2.45) is 0 Å². The number of imidazole rings is 1. The van der Waals surface area contributed by atoms with Crippen LogP contribution in [-0.2, 0) is 0 Å². The number of hydrogen-bond acceptors (Lipinski definition) is 2. The van der Waals surface area contributed by atoms with Gasteiger partial charge in [-0.1, -0.05) is 86.0 Å². The molecule has 4 heteroatoms. The topological polar surface area (TPSA) is 31.4 Å². The van der Waals surface area contributed by atoms with Crippen LogP contribution in [0.25, 0.3) is 27.3 Å². The van der Waals surface area contributed by atoms with Crippen molar-refractivity contribution >= 4 is 16.7 Å². The van der Waals surface area contributed by atoms with Crippen LogP contribution in [0.1, 0.15) is 55.4 Å². The summed E-state index contributed by atoms with van der Waals surface area (Å²) < 4.78 is 8.96. The van der Waals surface area contributed by atoms with Crippen LogP contribution in [0.15, 0.2) is 103 Å². The lowest BCUT2D eigenvalue weighted by molar-refractivity contribution is 0.247. The van der Waals surface area contributed by atoms with Gasteiger partial charge in [0.15, 0.2) is 5.69 Å². The van der Waals surface area contributed by atoms with Gasteiger partial charge in [-0.05, 0) is 60.4 Å². The Kier molecular flexibility index (Phi) is 6.44. The average molecular weight is 484 g/mol. The Labute approximate surface area is 218 Å². The fourth-order valence-electron chi connectivity index (χ4n) is 5.47. The zero-order valence-electron chi connectivity index (χ0n) is 20.8. The van der Waals surface area contributed by atoms with E-state index in [2.05, 4.69) is 51.9 Å². The maximum atomic E-state index is 7.42. The molecule has 37 heavy (non-hydrogen) atoms. The molecule has 0 N–H and O–H groups in total. The van der Waals surface area contributed by atoms with E-state index in [0.29, 0.717) is 11.7 Å². The molecule has 1 saturated carbocycles. The Hall–Kier alpha value is -4.36. The molecule has 1 aliphatic rings. The SMILES string of the molecule is [C-]#[N+]c1ccc2c(c1)nc(-c1ccc(OC(c3ccccc3)c3ccccc3)cc1)n2C1CCCCC1. The summed E-state index contributed by atoms with van der Waals surface area (Å²) in [4.78, 5) is 8.65.